The second kappa shape index (κ2) is 19.0. The molecule has 0 fully saturated rings. The van der Waals surface area contributed by atoms with Gasteiger partial charge in [-0.3, -0.25) is 0 Å². The van der Waals surface area contributed by atoms with Crippen molar-refractivity contribution in [3.05, 3.63) is 153 Å². The lowest BCUT2D eigenvalue weighted by Gasteiger charge is -2.43. The lowest BCUT2D eigenvalue weighted by Crippen LogP contribution is -2.39. The molecule has 0 radical (unpaired) electrons. The van der Waals surface area contributed by atoms with Gasteiger partial charge in [-0.25, -0.2) is 4.79 Å². The topological polar surface area (TPSA) is 324 Å². The molecule has 7 aromatic carbocycles. The van der Waals surface area contributed by atoms with Gasteiger partial charge in [0.05, 0.1) is 38.7 Å². The summed E-state index contributed by atoms with van der Waals surface area (Å²) in [5, 5.41) is 137. The molecule has 75 heavy (non-hydrogen) atoms. The van der Waals surface area contributed by atoms with Crippen LogP contribution in [0.4, 0.5) is 0 Å². The van der Waals surface area contributed by atoms with Gasteiger partial charge < -0.3 is 94.4 Å². The molecule has 0 amide bonds. The first-order valence-corrected chi connectivity index (χ1v) is 23.1. The van der Waals surface area contributed by atoms with Gasteiger partial charge in [-0.05, 0) is 59.7 Å². The van der Waals surface area contributed by atoms with Gasteiger partial charge >= 0.3 is 5.97 Å². The second-order valence-electron chi connectivity index (χ2n) is 18.1. The van der Waals surface area contributed by atoms with Crippen LogP contribution < -0.4 is 28.4 Å². The van der Waals surface area contributed by atoms with E-state index in [1.807, 2.05) is 0 Å². The first kappa shape index (κ1) is 49.3. The number of esters is 1. The number of fused-ring (bicyclic) bond motifs is 3. The number of phenolic OH excluding ortho intramolecular Hbond substituents is 10. The van der Waals surface area contributed by atoms with Crippen LogP contribution in [0, 0.1) is 0 Å². The summed E-state index contributed by atoms with van der Waals surface area (Å²) in [6.45, 7) is 0. The van der Waals surface area contributed by atoms with E-state index in [0.717, 1.165) is 30.3 Å². The van der Waals surface area contributed by atoms with E-state index in [2.05, 4.69) is 0 Å². The first-order chi connectivity index (χ1) is 35.9. The second-order valence-corrected chi connectivity index (χ2v) is 18.1. The van der Waals surface area contributed by atoms with Crippen molar-refractivity contribution in [3.8, 4) is 92.0 Å². The molecule has 0 saturated heterocycles. The third-order valence-corrected chi connectivity index (χ3v) is 13.8. The van der Waals surface area contributed by atoms with E-state index in [-0.39, 0.29) is 96.9 Å². The monoisotopic (exact) mass is 1030 g/mol. The van der Waals surface area contributed by atoms with Gasteiger partial charge in [-0.2, -0.15) is 0 Å². The summed E-state index contributed by atoms with van der Waals surface area (Å²) in [7, 11) is 4.08. The number of aliphatic hydroxyl groups is 2. The molecule has 8 atom stereocenters. The maximum atomic E-state index is 14.2. The van der Waals surface area contributed by atoms with Crippen molar-refractivity contribution in [1.29, 1.82) is 0 Å². The average Bonchev–Trinajstić information content (AvgIpc) is 3.38. The van der Waals surface area contributed by atoms with Crippen molar-refractivity contribution in [2.75, 3.05) is 21.3 Å². The number of ether oxygens (including phenoxy) is 7. The van der Waals surface area contributed by atoms with Crippen LogP contribution in [0.15, 0.2) is 103 Å². The fraction of sp³-hybridized carbons (Fsp3) is 0.218. The largest absolute Gasteiger partial charge is 0.508 e. The molecule has 20 nitrogen and oxygen atoms in total. The minimum atomic E-state index is -1.85. The number of rotatable bonds is 10. The number of aliphatic hydroxyl groups excluding tert-OH is 2. The summed E-state index contributed by atoms with van der Waals surface area (Å²) >= 11 is 0. The fourth-order valence-electron chi connectivity index (χ4n) is 10.3. The Kier molecular flexibility index (Phi) is 12.5. The zero-order chi connectivity index (χ0) is 53.3. The van der Waals surface area contributed by atoms with E-state index in [1.54, 1.807) is 0 Å². The molecule has 20 heteroatoms. The fourth-order valence-corrected chi connectivity index (χ4v) is 10.3. The van der Waals surface area contributed by atoms with Crippen LogP contribution in [0.2, 0.25) is 0 Å². The zero-order valence-electron chi connectivity index (χ0n) is 39.8. The van der Waals surface area contributed by atoms with Gasteiger partial charge in [-0.1, -0.05) is 30.3 Å². The molecule has 12 N–H and O–H groups in total. The standard InChI is InChI=1S/C55H48O20/c1-69-38-15-25(16-39(70-2)53(38)71-3)55(68)73-40-19-29-31(60)20-34(63)42(52(29)74-49(40)24-8-13-30(59)32(61)14-24)46-44-36(65)21-35(64)43(54(44)75-51(48(46)67)23-6-11-27(57)12-7-23)45-41-33(62)17-28(58)18-37(41)72-50(47(45)66)22-4-9-26(56)10-5-22/h4-18,20-21,40,45-51,56-67H,19H2,1-3H3/t40-,45?,46?,47-,48-,49-,50-,51-/m1/s1. The minimum absolute atomic E-state index is 0.0632. The molecule has 2 unspecified atom stereocenters. The molecule has 3 heterocycles. The smallest absolute Gasteiger partial charge is 0.338 e. The lowest BCUT2D eigenvalue weighted by molar-refractivity contribution is -0.0213. The highest BCUT2D eigenvalue weighted by atomic mass is 16.6. The summed E-state index contributed by atoms with van der Waals surface area (Å²) in [5.41, 5.74) is -0.557. The van der Waals surface area contributed by atoms with Crippen molar-refractivity contribution in [2.24, 2.45) is 0 Å². The normalized spacial score (nSPS) is 21.5. The molecule has 0 aliphatic carbocycles. The minimum Gasteiger partial charge on any atom is -0.508 e. The molecule has 3 aliphatic heterocycles. The van der Waals surface area contributed by atoms with Crippen molar-refractivity contribution in [1.82, 2.24) is 0 Å². The summed E-state index contributed by atoms with van der Waals surface area (Å²) in [4.78, 5) is 14.2. The number of hydrogen-bond acceptors (Lipinski definition) is 20. The third-order valence-electron chi connectivity index (χ3n) is 13.8. The van der Waals surface area contributed by atoms with E-state index >= 15 is 0 Å². The zero-order valence-corrected chi connectivity index (χ0v) is 39.8. The Labute approximate surface area is 425 Å². The predicted octanol–water partition coefficient (Wildman–Crippen LogP) is 6.92. The Morgan fingerprint density at radius 3 is 1.51 bits per heavy atom. The van der Waals surface area contributed by atoms with E-state index < -0.39 is 100 Å². The quantitative estimate of drug-likeness (QED) is 0.0488. The molecule has 0 bridgehead atoms. The van der Waals surface area contributed by atoms with Crippen LogP contribution in [0.3, 0.4) is 0 Å². The van der Waals surface area contributed by atoms with E-state index in [1.165, 1.54) is 94.1 Å². The van der Waals surface area contributed by atoms with Gasteiger partial charge in [0.1, 0.15) is 81.6 Å². The van der Waals surface area contributed by atoms with E-state index in [0.29, 0.717) is 5.56 Å². The number of methoxy groups -OCH3 is 3. The molecule has 388 valence electrons. The van der Waals surface area contributed by atoms with E-state index in [4.69, 9.17) is 33.2 Å². The van der Waals surface area contributed by atoms with E-state index in [9.17, 15) is 66.1 Å². The highest BCUT2D eigenvalue weighted by Gasteiger charge is 2.51. The van der Waals surface area contributed by atoms with Crippen molar-refractivity contribution >= 4 is 5.97 Å². The van der Waals surface area contributed by atoms with Crippen molar-refractivity contribution in [2.45, 2.75) is 54.9 Å². The predicted molar refractivity (Wildman–Crippen MR) is 260 cm³/mol. The van der Waals surface area contributed by atoms with Gasteiger partial charge in [0.25, 0.3) is 0 Å². The number of aromatic hydroxyl groups is 10. The molecule has 7 aromatic rings. The Balaban J connectivity index is 1.18. The Hall–Kier alpha value is -9.27. The van der Waals surface area contributed by atoms with Gasteiger partial charge in [0, 0.05) is 64.1 Å². The molecule has 0 aromatic heterocycles. The van der Waals surface area contributed by atoms with Crippen LogP contribution in [-0.4, -0.2) is 107 Å². The van der Waals surface area contributed by atoms with Gasteiger partial charge in [0.2, 0.25) is 5.75 Å². The molecule has 10 rings (SSSR count). The lowest BCUT2D eigenvalue weighted by atomic mass is 9.73. The molecule has 0 saturated carbocycles. The van der Waals surface area contributed by atoms with Gasteiger partial charge in [0.15, 0.2) is 41.3 Å². The number of carbonyl (C=O) groups is 1. The molecular formula is C55H48O20. The highest BCUT2D eigenvalue weighted by molar-refractivity contribution is 5.91. The third kappa shape index (κ3) is 8.44. The number of phenols is 10. The number of hydrogen-bond donors (Lipinski definition) is 12. The van der Waals surface area contributed by atoms with Crippen LogP contribution in [0.25, 0.3) is 0 Å². The molecule has 3 aliphatic rings. The van der Waals surface area contributed by atoms with Crippen LogP contribution in [-0.2, 0) is 11.2 Å². The Bertz CT molecular complexity index is 3350. The average molecular weight is 1030 g/mol. The Morgan fingerprint density at radius 1 is 0.467 bits per heavy atom. The maximum Gasteiger partial charge on any atom is 0.338 e. The van der Waals surface area contributed by atoms with Crippen LogP contribution in [0.5, 0.6) is 92.0 Å². The van der Waals surface area contributed by atoms with Crippen LogP contribution >= 0.6 is 0 Å². The summed E-state index contributed by atoms with van der Waals surface area (Å²) in [5.74, 6) is -9.68. The summed E-state index contributed by atoms with van der Waals surface area (Å²) in [6.07, 6.45) is -9.61. The summed E-state index contributed by atoms with van der Waals surface area (Å²) < 4.78 is 42.0. The maximum absolute atomic E-state index is 14.2. The highest BCUT2D eigenvalue weighted by Crippen LogP contribution is 2.62. The SMILES string of the molecule is COc1cc(C(=O)O[C@@H]2Cc3c(O)cc(O)c(C4c5c(O)cc(O)c(C6c7c(O)cc(O)cc7O[C@H](c7ccc(O)cc7)[C@@H]6O)c5O[C@H](c5ccc(O)cc5)[C@@H]4O)c3O[C@@H]2c2ccc(O)c(O)c2)cc(OC)c1OC. The summed E-state index contributed by atoms with van der Waals surface area (Å²) in [6, 6.07) is 21.4. The Morgan fingerprint density at radius 2 is 0.960 bits per heavy atom. The van der Waals surface area contributed by atoms with Gasteiger partial charge in [-0.15, -0.1) is 0 Å². The molecular weight excluding hydrogens is 981 g/mol. The van der Waals surface area contributed by atoms with Crippen LogP contribution in [0.1, 0.15) is 85.0 Å². The molecule has 0 spiro atoms. The van der Waals surface area contributed by atoms with Crippen molar-refractivity contribution < 1.29 is 99.2 Å². The number of benzene rings is 7. The number of carbonyl (C=O) groups excluding carboxylic acids is 1. The first-order valence-electron chi connectivity index (χ1n) is 23.1. The van der Waals surface area contributed by atoms with Crippen molar-refractivity contribution in [3.63, 3.8) is 0 Å².